The summed E-state index contributed by atoms with van der Waals surface area (Å²) in [6, 6.07) is 6.33. The first-order valence-electron chi connectivity index (χ1n) is 7.57. The van der Waals surface area contributed by atoms with E-state index in [0.29, 0.717) is 13.2 Å². The van der Waals surface area contributed by atoms with Crippen LogP contribution in [0.1, 0.15) is 39.2 Å². The fourth-order valence-electron chi connectivity index (χ4n) is 1.97. The molecule has 0 aliphatic carbocycles. The summed E-state index contributed by atoms with van der Waals surface area (Å²) in [5.41, 5.74) is 1.56. The molecule has 0 saturated heterocycles. The van der Waals surface area contributed by atoms with Crippen LogP contribution in [0.25, 0.3) is 0 Å². The minimum absolute atomic E-state index is 0.213. The van der Waals surface area contributed by atoms with Crippen LogP contribution >= 0.6 is 15.9 Å². The Bertz CT molecular complexity index is 416. The largest absolute Gasteiger partial charge is 0.490 e. The summed E-state index contributed by atoms with van der Waals surface area (Å²) >= 11 is 3.57. The van der Waals surface area contributed by atoms with Crippen LogP contribution in [0.5, 0.6) is 5.75 Å². The number of methoxy groups -OCH3 is 1. The minimum Gasteiger partial charge on any atom is -0.490 e. The number of rotatable bonds is 9. The second kappa shape index (κ2) is 9.44. The molecule has 4 heteroatoms. The van der Waals surface area contributed by atoms with Gasteiger partial charge < -0.3 is 14.8 Å². The summed E-state index contributed by atoms with van der Waals surface area (Å²) in [5, 5.41) is 3.52. The van der Waals surface area contributed by atoms with Crippen LogP contribution in [0.4, 0.5) is 0 Å². The van der Waals surface area contributed by atoms with Gasteiger partial charge in [0.2, 0.25) is 0 Å². The summed E-state index contributed by atoms with van der Waals surface area (Å²) in [5.74, 6) is 0.880. The lowest BCUT2D eigenvalue weighted by molar-refractivity contribution is 0.146. The highest BCUT2D eigenvalue weighted by molar-refractivity contribution is 9.10. The van der Waals surface area contributed by atoms with Gasteiger partial charge in [-0.05, 0) is 80.2 Å². The van der Waals surface area contributed by atoms with Gasteiger partial charge in [0.25, 0.3) is 0 Å². The van der Waals surface area contributed by atoms with E-state index in [1.807, 2.05) is 6.07 Å². The molecule has 0 aromatic heterocycles. The third-order valence-electron chi connectivity index (χ3n) is 3.09. The first-order valence-corrected chi connectivity index (χ1v) is 8.37. The van der Waals surface area contributed by atoms with E-state index in [0.717, 1.165) is 23.2 Å². The van der Waals surface area contributed by atoms with Gasteiger partial charge in [-0.25, -0.2) is 0 Å². The van der Waals surface area contributed by atoms with Gasteiger partial charge in [0.15, 0.2) is 0 Å². The van der Waals surface area contributed by atoms with Gasteiger partial charge in [-0.2, -0.15) is 0 Å². The minimum atomic E-state index is 0.213. The zero-order chi connectivity index (χ0) is 15.7. The Morgan fingerprint density at radius 2 is 1.90 bits per heavy atom. The third kappa shape index (κ3) is 8.44. The molecule has 1 rings (SSSR count). The molecule has 0 aliphatic rings. The van der Waals surface area contributed by atoms with Crippen molar-refractivity contribution < 1.29 is 9.47 Å². The first kappa shape index (κ1) is 18.5. The maximum atomic E-state index is 5.63. The molecule has 1 N–H and O–H groups in total. The molecule has 1 aromatic carbocycles. The number of benzene rings is 1. The lowest BCUT2D eigenvalue weighted by Crippen LogP contribution is -2.36. The molecular weight excluding hydrogens is 330 g/mol. The molecule has 0 heterocycles. The summed E-state index contributed by atoms with van der Waals surface area (Å²) in [6.07, 6.45) is 3.49. The van der Waals surface area contributed by atoms with E-state index in [9.17, 15) is 0 Å². The van der Waals surface area contributed by atoms with Crippen LogP contribution in [0.15, 0.2) is 22.7 Å². The van der Waals surface area contributed by atoms with E-state index in [1.165, 1.54) is 18.4 Å². The average Bonchev–Trinajstić information content (AvgIpc) is 2.39. The van der Waals surface area contributed by atoms with Crippen molar-refractivity contribution in [2.75, 3.05) is 26.9 Å². The fraction of sp³-hybridized carbons (Fsp3) is 0.647. The van der Waals surface area contributed by atoms with Gasteiger partial charge in [0.1, 0.15) is 12.4 Å². The van der Waals surface area contributed by atoms with Crippen LogP contribution in [-0.2, 0) is 11.2 Å². The molecule has 0 fully saturated rings. The molecule has 0 atom stereocenters. The number of hydrogen-bond acceptors (Lipinski definition) is 3. The van der Waals surface area contributed by atoms with Crippen molar-refractivity contribution in [1.29, 1.82) is 0 Å². The van der Waals surface area contributed by atoms with Crippen LogP contribution < -0.4 is 10.1 Å². The van der Waals surface area contributed by atoms with Crippen molar-refractivity contribution in [3.8, 4) is 5.75 Å². The average molecular weight is 358 g/mol. The monoisotopic (exact) mass is 357 g/mol. The lowest BCUT2D eigenvalue weighted by atomic mass is 10.1. The second-order valence-corrected chi connectivity index (χ2v) is 7.09. The number of nitrogens with one attached hydrogen (secondary N) is 1. The highest BCUT2D eigenvalue weighted by atomic mass is 79.9. The maximum absolute atomic E-state index is 5.63. The van der Waals surface area contributed by atoms with Gasteiger partial charge >= 0.3 is 0 Å². The Hall–Kier alpha value is -0.580. The second-order valence-electron chi connectivity index (χ2n) is 6.24. The van der Waals surface area contributed by atoms with Crippen molar-refractivity contribution in [2.24, 2.45) is 0 Å². The van der Waals surface area contributed by atoms with Crippen molar-refractivity contribution in [1.82, 2.24) is 5.32 Å². The predicted octanol–water partition coefficient (Wildman–Crippen LogP) is 4.19. The molecule has 0 aliphatic heterocycles. The SMILES string of the molecule is COCCOc1ccc(CCCCNC(C)(C)C)cc1Br. The van der Waals surface area contributed by atoms with Gasteiger partial charge in [-0.3, -0.25) is 0 Å². The van der Waals surface area contributed by atoms with E-state index in [2.05, 4.69) is 54.2 Å². The maximum Gasteiger partial charge on any atom is 0.133 e. The zero-order valence-electron chi connectivity index (χ0n) is 13.7. The Kier molecular flexibility index (Phi) is 8.30. The Morgan fingerprint density at radius 1 is 1.14 bits per heavy atom. The molecule has 0 bridgehead atoms. The molecule has 1 aromatic rings. The van der Waals surface area contributed by atoms with Crippen LogP contribution in [0.2, 0.25) is 0 Å². The van der Waals surface area contributed by atoms with Crippen LogP contribution in [0.3, 0.4) is 0 Å². The van der Waals surface area contributed by atoms with Gasteiger partial charge in [-0.1, -0.05) is 6.07 Å². The molecule has 0 spiro atoms. The van der Waals surface area contributed by atoms with Gasteiger partial charge in [0, 0.05) is 12.6 Å². The summed E-state index contributed by atoms with van der Waals surface area (Å²) in [6.45, 7) is 8.86. The van der Waals surface area contributed by atoms with E-state index >= 15 is 0 Å². The number of halogens is 1. The third-order valence-corrected chi connectivity index (χ3v) is 3.71. The zero-order valence-corrected chi connectivity index (χ0v) is 15.3. The number of aryl methyl sites for hydroxylation is 1. The van der Waals surface area contributed by atoms with E-state index < -0.39 is 0 Å². The van der Waals surface area contributed by atoms with Crippen LogP contribution in [0, 0.1) is 0 Å². The highest BCUT2D eigenvalue weighted by Gasteiger charge is 2.07. The Morgan fingerprint density at radius 3 is 2.52 bits per heavy atom. The van der Waals surface area contributed by atoms with E-state index in [4.69, 9.17) is 9.47 Å². The Balaban J connectivity index is 2.31. The molecule has 21 heavy (non-hydrogen) atoms. The molecule has 3 nitrogen and oxygen atoms in total. The van der Waals surface area contributed by atoms with Crippen molar-refractivity contribution >= 4 is 15.9 Å². The molecule has 120 valence electrons. The summed E-state index contributed by atoms with van der Waals surface area (Å²) < 4.78 is 11.6. The number of ether oxygens (including phenoxy) is 2. The topological polar surface area (TPSA) is 30.5 Å². The highest BCUT2D eigenvalue weighted by Crippen LogP contribution is 2.26. The standard InChI is InChI=1S/C17H28BrNO2/c1-17(2,3)19-10-6-5-7-14-8-9-16(15(18)13-14)21-12-11-20-4/h8-9,13,19H,5-7,10-12H2,1-4H3. The normalized spacial score (nSPS) is 11.7. The van der Waals surface area contributed by atoms with Gasteiger partial charge in [0.05, 0.1) is 11.1 Å². The van der Waals surface area contributed by atoms with E-state index in [-0.39, 0.29) is 5.54 Å². The fourth-order valence-corrected chi connectivity index (χ4v) is 2.51. The van der Waals surface area contributed by atoms with Crippen LogP contribution in [-0.4, -0.2) is 32.4 Å². The first-order chi connectivity index (χ1) is 9.92. The number of unbranched alkanes of at least 4 members (excludes halogenated alkanes) is 1. The van der Waals surface area contributed by atoms with Gasteiger partial charge in [-0.15, -0.1) is 0 Å². The smallest absolute Gasteiger partial charge is 0.133 e. The molecule has 0 radical (unpaired) electrons. The van der Waals surface area contributed by atoms with E-state index in [1.54, 1.807) is 7.11 Å². The number of hydrogen-bond donors (Lipinski definition) is 1. The van der Waals surface area contributed by atoms with Crippen molar-refractivity contribution in [3.63, 3.8) is 0 Å². The quantitative estimate of drug-likeness (QED) is 0.672. The lowest BCUT2D eigenvalue weighted by Gasteiger charge is -2.20. The summed E-state index contributed by atoms with van der Waals surface area (Å²) in [7, 11) is 1.68. The molecular formula is C17H28BrNO2. The van der Waals surface area contributed by atoms with Crippen molar-refractivity contribution in [2.45, 2.75) is 45.6 Å². The summed E-state index contributed by atoms with van der Waals surface area (Å²) in [4.78, 5) is 0. The molecule has 0 amide bonds. The molecule has 0 saturated carbocycles. The predicted molar refractivity (Wildman–Crippen MR) is 92.2 cm³/mol. The molecule has 0 unspecified atom stereocenters. The Labute approximate surface area is 137 Å². The van der Waals surface area contributed by atoms with Crippen molar-refractivity contribution in [3.05, 3.63) is 28.2 Å².